The number of para-hydroxylation sites is 1. The Balaban J connectivity index is 2.04. The molecule has 0 bridgehead atoms. The first-order valence-corrected chi connectivity index (χ1v) is 8.01. The van der Waals surface area contributed by atoms with Crippen molar-refractivity contribution in [1.82, 2.24) is 4.98 Å². The largest absolute Gasteiger partial charge is 0.247 e. The summed E-state index contributed by atoms with van der Waals surface area (Å²) in [4.78, 5) is 4.73. The van der Waals surface area contributed by atoms with E-state index >= 15 is 0 Å². The van der Waals surface area contributed by atoms with Gasteiger partial charge in [-0.25, -0.2) is 9.37 Å². The minimum atomic E-state index is -0.282. The summed E-state index contributed by atoms with van der Waals surface area (Å²) in [5.74, 6) is -0.282. The zero-order valence-corrected chi connectivity index (χ0v) is 13.5. The fourth-order valence-corrected chi connectivity index (χ4v) is 2.95. The van der Waals surface area contributed by atoms with Crippen molar-refractivity contribution in [2.45, 2.75) is 0 Å². The monoisotopic (exact) mass is 333 g/mol. The molecule has 1 nitrogen and oxygen atoms in total. The van der Waals surface area contributed by atoms with Crippen LogP contribution < -0.4 is 0 Å². The van der Waals surface area contributed by atoms with Gasteiger partial charge in [0, 0.05) is 21.5 Å². The minimum Gasteiger partial charge on any atom is -0.247 e. The molecule has 0 radical (unpaired) electrons. The molecular weight excluding hydrogens is 321 g/mol. The van der Waals surface area contributed by atoms with E-state index in [1.807, 2.05) is 60.7 Å². The van der Waals surface area contributed by atoms with Gasteiger partial charge in [-0.1, -0.05) is 54.1 Å². The number of fused-ring (bicyclic) bond motifs is 1. The maximum atomic E-state index is 14.4. The molecule has 0 saturated heterocycles. The van der Waals surface area contributed by atoms with Crippen LogP contribution in [0.25, 0.3) is 33.3 Å². The third-order valence-electron chi connectivity index (χ3n) is 4.01. The molecule has 24 heavy (non-hydrogen) atoms. The number of pyridine rings is 1. The summed E-state index contributed by atoms with van der Waals surface area (Å²) in [5.41, 5.74) is 3.81. The van der Waals surface area contributed by atoms with Crippen molar-refractivity contribution >= 4 is 22.5 Å². The Kier molecular flexibility index (Phi) is 3.75. The van der Waals surface area contributed by atoms with E-state index in [4.69, 9.17) is 16.6 Å². The standard InChI is InChI=1S/C21H13ClFN/c22-16-11-9-14(10-12-16)18-13-15-5-1-4-8-20(15)24-21(18)17-6-2-3-7-19(17)23/h1-13H. The average Bonchev–Trinajstić information content (AvgIpc) is 2.62. The van der Waals surface area contributed by atoms with E-state index < -0.39 is 0 Å². The van der Waals surface area contributed by atoms with Gasteiger partial charge in [0.25, 0.3) is 0 Å². The lowest BCUT2D eigenvalue weighted by molar-refractivity contribution is 0.631. The van der Waals surface area contributed by atoms with E-state index in [2.05, 4.69) is 0 Å². The van der Waals surface area contributed by atoms with Gasteiger partial charge >= 0.3 is 0 Å². The van der Waals surface area contributed by atoms with E-state index in [9.17, 15) is 4.39 Å². The van der Waals surface area contributed by atoms with E-state index in [0.717, 1.165) is 22.0 Å². The van der Waals surface area contributed by atoms with Crippen LogP contribution in [0.15, 0.2) is 78.9 Å². The maximum Gasteiger partial charge on any atom is 0.132 e. The molecule has 0 aliphatic carbocycles. The molecule has 0 spiro atoms. The van der Waals surface area contributed by atoms with Crippen LogP contribution in [-0.2, 0) is 0 Å². The zero-order chi connectivity index (χ0) is 16.5. The SMILES string of the molecule is Fc1ccccc1-c1nc2ccccc2cc1-c1ccc(Cl)cc1. The number of nitrogens with zero attached hydrogens (tertiary/aromatic N) is 1. The van der Waals surface area contributed by atoms with Gasteiger partial charge in [-0.3, -0.25) is 0 Å². The van der Waals surface area contributed by atoms with Gasteiger partial charge in [-0.05, 0) is 42.0 Å². The van der Waals surface area contributed by atoms with Crippen LogP contribution in [0.2, 0.25) is 5.02 Å². The van der Waals surface area contributed by atoms with Gasteiger partial charge in [0.2, 0.25) is 0 Å². The molecule has 116 valence electrons. The third kappa shape index (κ3) is 2.66. The van der Waals surface area contributed by atoms with Crippen molar-refractivity contribution in [3.63, 3.8) is 0 Å². The first kappa shape index (κ1) is 14.9. The van der Waals surface area contributed by atoms with Crippen molar-refractivity contribution in [1.29, 1.82) is 0 Å². The van der Waals surface area contributed by atoms with E-state index in [1.54, 1.807) is 12.1 Å². The number of aromatic nitrogens is 1. The van der Waals surface area contributed by atoms with Crippen molar-refractivity contribution in [3.8, 4) is 22.4 Å². The lowest BCUT2D eigenvalue weighted by Crippen LogP contribution is -1.93. The van der Waals surface area contributed by atoms with Crippen LogP contribution in [0.3, 0.4) is 0 Å². The molecule has 1 aromatic heterocycles. The van der Waals surface area contributed by atoms with Crippen molar-refractivity contribution < 1.29 is 4.39 Å². The lowest BCUT2D eigenvalue weighted by Gasteiger charge is -2.12. The summed E-state index contributed by atoms with van der Waals surface area (Å²) in [5, 5.41) is 1.68. The third-order valence-corrected chi connectivity index (χ3v) is 4.26. The Morgan fingerprint density at radius 1 is 0.750 bits per heavy atom. The molecule has 1 heterocycles. The summed E-state index contributed by atoms with van der Waals surface area (Å²) < 4.78 is 14.4. The van der Waals surface area contributed by atoms with Gasteiger partial charge in [0.1, 0.15) is 5.82 Å². The molecule has 4 aromatic rings. The van der Waals surface area contributed by atoms with Gasteiger partial charge in [-0.15, -0.1) is 0 Å². The summed E-state index contributed by atoms with van der Waals surface area (Å²) in [7, 11) is 0. The zero-order valence-electron chi connectivity index (χ0n) is 12.7. The van der Waals surface area contributed by atoms with Gasteiger partial charge < -0.3 is 0 Å². The van der Waals surface area contributed by atoms with Crippen LogP contribution in [0.4, 0.5) is 4.39 Å². The summed E-state index contributed by atoms with van der Waals surface area (Å²) in [6.07, 6.45) is 0. The molecule has 0 atom stereocenters. The average molecular weight is 334 g/mol. The Labute approximate surface area is 144 Å². The van der Waals surface area contributed by atoms with Crippen LogP contribution >= 0.6 is 11.6 Å². The normalized spacial score (nSPS) is 10.9. The Morgan fingerprint density at radius 2 is 1.46 bits per heavy atom. The summed E-state index contributed by atoms with van der Waals surface area (Å²) in [6.45, 7) is 0. The fourth-order valence-electron chi connectivity index (χ4n) is 2.82. The Hall–Kier alpha value is -2.71. The number of hydrogen-bond donors (Lipinski definition) is 0. The molecule has 4 rings (SSSR count). The molecule has 0 amide bonds. The van der Waals surface area contributed by atoms with Crippen molar-refractivity contribution in [3.05, 3.63) is 89.7 Å². The molecule has 0 saturated carbocycles. The van der Waals surface area contributed by atoms with Crippen LogP contribution in [0, 0.1) is 5.82 Å². The second kappa shape index (κ2) is 6.06. The smallest absolute Gasteiger partial charge is 0.132 e. The van der Waals surface area contributed by atoms with Crippen molar-refractivity contribution in [2.24, 2.45) is 0 Å². The highest BCUT2D eigenvalue weighted by Gasteiger charge is 2.14. The molecule has 0 aliphatic heterocycles. The first-order chi connectivity index (χ1) is 11.7. The highest BCUT2D eigenvalue weighted by Crippen LogP contribution is 2.34. The molecule has 0 aliphatic rings. The van der Waals surface area contributed by atoms with Gasteiger partial charge in [0.15, 0.2) is 0 Å². The van der Waals surface area contributed by atoms with E-state index in [1.165, 1.54) is 6.07 Å². The van der Waals surface area contributed by atoms with E-state index in [-0.39, 0.29) is 5.82 Å². The molecule has 3 heteroatoms. The predicted molar refractivity (Wildman–Crippen MR) is 97.6 cm³/mol. The molecule has 0 N–H and O–H groups in total. The second-order valence-corrected chi connectivity index (χ2v) is 6.00. The minimum absolute atomic E-state index is 0.282. The summed E-state index contributed by atoms with van der Waals surface area (Å²) in [6, 6.07) is 24.1. The van der Waals surface area contributed by atoms with Gasteiger partial charge in [-0.2, -0.15) is 0 Å². The van der Waals surface area contributed by atoms with Crippen LogP contribution in [-0.4, -0.2) is 4.98 Å². The fraction of sp³-hybridized carbons (Fsp3) is 0. The predicted octanol–water partition coefficient (Wildman–Crippen LogP) is 6.36. The Morgan fingerprint density at radius 3 is 2.25 bits per heavy atom. The molecule has 0 fully saturated rings. The molecule has 3 aromatic carbocycles. The number of benzene rings is 3. The molecular formula is C21H13ClFN. The molecule has 0 unspecified atom stereocenters. The first-order valence-electron chi connectivity index (χ1n) is 7.63. The topological polar surface area (TPSA) is 12.9 Å². The number of hydrogen-bond acceptors (Lipinski definition) is 1. The quantitative estimate of drug-likeness (QED) is 0.416. The van der Waals surface area contributed by atoms with Crippen LogP contribution in [0.1, 0.15) is 0 Å². The lowest BCUT2D eigenvalue weighted by atomic mass is 9.97. The highest BCUT2D eigenvalue weighted by atomic mass is 35.5. The number of halogens is 2. The summed E-state index contributed by atoms with van der Waals surface area (Å²) >= 11 is 6.00. The van der Waals surface area contributed by atoms with Crippen LogP contribution in [0.5, 0.6) is 0 Å². The maximum absolute atomic E-state index is 14.4. The number of rotatable bonds is 2. The highest BCUT2D eigenvalue weighted by molar-refractivity contribution is 6.30. The van der Waals surface area contributed by atoms with E-state index in [0.29, 0.717) is 16.3 Å². The van der Waals surface area contributed by atoms with Crippen molar-refractivity contribution in [2.75, 3.05) is 0 Å². The second-order valence-electron chi connectivity index (χ2n) is 5.56. The van der Waals surface area contributed by atoms with Gasteiger partial charge in [0.05, 0.1) is 11.2 Å². The Bertz CT molecular complexity index is 1030.